The number of rotatable bonds is 7. The number of aliphatic carboxylic acids is 1. The lowest BCUT2D eigenvalue weighted by molar-refractivity contribution is -0.142. The van der Waals surface area contributed by atoms with Crippen LogP contribution in [0.4, 0.5) is 4.39 Å². The molecule has 6 heteroatoms. The first kappa shape index (κ1) is 22.4. The number of ether oxygens (including phenoxy) is 1. The van der Waals surface area contributed by atoms with E-state index in [-0.39, 0.29) is 16.9 Å². The molecule has 1 saturated heterocycles. The average molecular weight is 470 g/mol. The van der Waals surface area contributed by atoms with Crippen molar-refractivity contribution in [3.63, 3.8) is 0 Å². The zero-order valence-corrected chi connectivity index (χ0v) is 20.1. The summed E-state index contributed by atoms with van der Waals surface area (Å²) >= 11 is 0. The zero-order chi connectivity index (χ0) is 23.6. The highest BCUT2D eigenvalue weighted by molar-refractivity contribution is 5.97. The number of likely N-dealkylation sites (tertiary alicyclic amines) is 1. The second-order valence-corrected chi connectivity index (χ2v) is 12.1. The fourth-order valence-corrected chi connectivity index (χ4v) is 8.27. The molecule has 1 heterocycles. The number of carbonyl (C=O) groups excluding carboxylic acids is 1. The Balaban J connectivity index is 1.24. The Kier molecular flexibility index (Phi) is 5.42. The van der Waals surface area contributed by atoms with Gasteiger partial charge in [0.1, 0.15) is 17.6 Å². The smallest absolute Gasteiger partial charge is 0.326 e. The number of hydrogen-bond donors (Lipinski definition) is 1. The van der Waals surface area contributed by atoms with Crippen molar-refractivity contribution in [2.45, 2.75) is 83.1 Å². The summed E-state index contributed by atoms with van der Waals surface area (Å²) in [6.07, 6.45) is 11.2. The van der Waals surface area contributed by atoms with Crippen LogP contribution < -0.4 is 4.74 Å². The Morgan fingerprint density at radius 2 is 1.74 bits per heavy atom. The second kappa shape index (κ2) is 8.23. The van der Waals surface area contributed by atoms with Gasteiger partial charge in [0.05, 0.1) is 12.2 Å². The van der Waals surface area contributed by atoms with E-state index in [2.05, 4.69) is 0 Å². The van der Waals surface area contributed by atoms with Crippen molar-refractivity contribution in [2.24, 2.45) is 29.1 Å². The Bertz CT molecular complexity index is 967. The second-order valence-electron chi connectivity index (χ2n) is 12.1. The van der Waals surface area contributed by atoms with Gasteiger partial charge < -0.3 is 14.7 Å². The molecule has 5 nitrogen and oxygen atoms in total. The van der Waals surface area contributed by atoms with Gasteiger partial charge in [-0.05, 0) is 99.0 Å². The molecule has 6 aliphatic rings. The largest absolute Gasteiger partial charge is 0.493 e. The molecule has 34 heavy (non-hydrogen) atoms. The predicted octanol–water partition coefficient (Wildman–Crippen LogP) is 5.62. The molecule has 1 aromatic rings. The van der Waals surface area contributed by atoms with Crippen LogP contribution >= 0.6 is 0 Å². The maximum absolute atomic E-state index is 15.3. The summed E-state index contributed by atoms with van der Waals surface area (Å²) in [5.74, 6) is 1.21. The van der Waals surface area contributed by atoms with Gasteiger partial charge in [-0.3, -0.25) is 4.79 Å². The lowest BCUT2D eigenvalue weighted by Gasteiger charge is -2.56. The van der Waals surface area contributed by atoms with E-state index in [1.54, 1.807) is 6.07 Å². The van der Waals surface area contributed by atoms with E-state index >= 15 is 4.39 Å². The van der Waals surface area contributed by atoms with Crippen molar-refractivity contribution in [3.05, 3.63) is 29.1 Å². The molecule has 4 bridgehead atoms. The van der Waals surface area contributed by atoms with E-state index in [1.165, 1.54) is 49.5 Å². The molecule has 5 aliphatic carbocycles. The number of amides is 1. The Hall–Kier alpha value is -2.11. The van der Waals surface area contributed by atoms with Gasteiger partial charge in [0, 0.05) is 18.0 Å². The molecule has 5 saturated carbocycles. The molecule has 1 aromatic carbocycles. The SMILES string of the molecule is CC[C@@H]1CCN(C(=O)c2cc(C3CC3)c(OCC34CC5CC(CC(C5)C3)C4)cc2F)[C@@H]1C(=O)O. The van der Waals surface area contributed by atoms with Gasteiger partial charge in [-0.1, -0.05) is 13.3 Å². The van der Waals surface area contributed by atoms with Crippen LogP contribution in [0.15, 0.2) is 12.1 Å². The first-order valence-electron chi connectivity index (χ1n) is 13.4. The van der Waals surface area contributed by atoms with E-state index < -0.39 is 23.7 Å². The summed E-state index contributed by atoms with van der Waals surface area (Å²) in [6.45, 7) is 2.95. The first-order chi connectivity index (χ1) is 16.4. The minimum Gasteiger partial charge on any atom is -0.493 e. The predicted molar refractivity (Wildman–Crippen MR) is 125 cm³/mol. The molecule has 1 amide bonds. The molecule has 0 unspecified atom stereocenters. The number of halogens is 1. The van der Waals surface area contributed by atoms with Gasteiger partial charge in [-0.25, -0.2) is 9.18 Å². The van der Waals surface area contributed by atoms with Crippen molar-refractivity contribution >= 4 is 11.9 Å². The van der Waals surface area contributed by atoms with Crippen LogP contribution in [0, 0.1) is 34.9 Å². The molecule has 7 rings (SSSR count). The van der Waals surface area contributed by atoms with E-state index in [0.29, 0.717) is 37.7 Å². The summed E-state index contributed by atoms with van der Waals surface area (Å²) in [6, 6.07) is 2.20. The van der Waals surface area contributed by atoms with Crippen molar-refractivity contribution in [2.75, 3.05) is 13.2 Å². The molecule has 2 atom stereocenters. The Labute approximate surface area is 201 Å². The van der Waals surface area contributed by atoms with E-state index in [1.807, 2.05) is 6.92 Å². The summed E-state index contributed by atoms with van der Waals surface area (Å²) in [4.78, 5) is 26.6. The fraction of sp³-hybridized carbons (Fsp3) is 0.714. The quantitative estimate of drug-likeness (QED) is 0.563. The number of nitrogens with zero attached hydrogens (tertiary/aromatic N) is 1. The number of carboxylic acids is 1. The molecule has 1 aliphatic heterocycles. The number of benzene rings is 1. The average Bonchev–Trinajstić information content (AvgIpc) is 3.53. The Morgan fingerprint density at radius 1 is 1.09 bits per heavy atom. The third-order valence-electron chi connectivity index (χ3n) is 9.61. The van der Waals surface area contributed by atoms with Gasteiger partial charge in [0.25, 0.3) is 5.91 Å². The Morgan fingerprint density at radius 3 is 2.29 bits per heavy atom. The third kappa shape index (κ3) is 3.81. The molecule has 1 N–H and O–H groups in total. The molecule has 0 radical (unpaired) electrons. The van der Waals surface area contributed by atoms with Crippen LogP contribution in [0.25, 0.3) is 0 Å². The molecular formula is C28H36FNO4. The number of carbonyl (C=O) groups is 2. The summed E-state index contributed by atoms with van der Waals surface area (Å²) < 4.78 is 21.7. The maximum atomic E-state index is 15.3. The third-order valence-corrected chi connectivity index (χ3v) is 9.61. The topological polar surface area (TPSA) is 66.8 Å². The number of carboxylic acid groups (broad SMARTS) is 1. The van der Waals surface area contributed by atoms with Crippen LogP contribution in [0.2, 0.25) is 0 Å². The molecule has 6 fully saturated rings. The lowest BCUT2D eigenvalue weighted by Crippen LogP contribution is -2.48. The normalized spacial score (nSPS) is 36.2. The highest BCUT2D eigenvalue weighted by Crippen LogP contribution is 2.60. The van der Waals surface area contributed by atoms with Crippen LogP contribution in [-0.4, -0.2) is 41.1 Å². The van der Waals surface area contributed by atoms with E-state index in [4.69, 9.17) is 4.74 Å². The van der Waals surface area contributed by atoms with Gasteiger partial charge in [-0.15, -0.1) is 0 Å². The van der Waals surface area contributed by atoms with Gasteiger partial charge in [0.2, 0.25) is 0 Å². The van der Waals surface area contributed by atoms with Crippen LogP contribution in [0.5, 0.6) is 5.75 Å². The van der Waals surface area contributed by atoms with Crippen molar-refractivity contribution < 1.29 is 23.8 Å². The van der Waals surface area contributed by atoms with E-state index in [9.17, 15) is 14.7 Å². The minimum absolute atomic E-state index is 0.00735. The van der Waals surface area contributed by atoms with Crippen LogP contribution in [0.3, 0.4) is 0 Å². The molecule has 0 spiro atoms. The van der Waals surface area contributed by atoms with Gasteiger partial charge in [-0.2, -0.15) is 0 Å². The van der Waals surface area contributed by atoms with E-state index in [0.717, 1.165) is 36.2 Å². The summed E-state index contributed by atoms with van der Waals surface area (Å²) in [5, 5.41) is 9.73. The van der Waals surface area contributed by atoms with Crippen LogP contribution in [-0.2, 0) is 4.79 Å². The van der Waals surface area contributed by atoms with Crippen molar-refractivity contribution in [3.8, 4) is 5.75 Å². The lowest BCUT2D eigenvalue weighted by atomic mass is 9.50. The highest BCUT2D eigenvalue weighted by atomic mass is 19.1. The summed E-state index contributed by atoms with van der Waals surface area (Å²) in [7, 11) is 0. The fourth-order valence-electron chi connectivity index (χ4n) is 8.27. The summed E-state index contributed by atoms with van der Waals surface area (Å²) in [5.41, 5.74) is 1.15. The van der Waals surface area contributed by atoms with Crippen molar-refractivity contribution in [1.82, 2.24) is 4.90 Å². The molecule has 184 valence electrons. The van der Waals surface area contributed by atoms with Gasteiger partial charge in [0.15, 0.2) is 0 Å². The first-order valence-corrected chi connectivity index (χ1v) is 13.4. The van der Waals surface area contributed by atoms with Gasteiger partial charge >= 0.3 is 5.97 Å². The van der Waals surface area contributed by atoms with Crippen molar-refractivity contribution in [1.29, 1.82) is 0 Å². The van der Waals surface area contributed by atoms with Crippen LogP contribution in [0.1, 0.15) is 93.0 Å². The zero-order valence-electron chi connectivity index (χ0n) is 20.1. The highest BCUT2D eigenvalue weighted by Gasteiger charge is 2.51. The monoisotopic (exact) mass is 469 g/mol. The molecular weight excluding hydrogens is 433 g/mol. The molecule has 0 aromatic heterocycles. The standard InChI is InChI=1S/C28H36FNO4/c1-2-19-5-6-30(25(19)27(32)33)26(31)22-10-21(20-3-4-20)24(11-23(22)29)34-15-28-12-16-7-17(13-28)9-18(8-16)14-28/h10-11,16-20,25H,2-9,12-15H2,1H3,(H,32,33)/t16?,17?,18?,19-,25+,28?/m1/s1. The minimum atomic E-state index is -1.00. The maximum Gasteiger partial charge on any atom is 0.326 e. The number of hydrogen-bond acceptors (Lipinski definition) is 3.